The van der Waals surface area contributed by atoms with E-state index in [1.807, 2.05) is 33.0 Å². The quantitative estimate of drug-likeness (QED) is 0.593. The highest BCUT2D eigenvalue weighted by molar-refractivity contribution is 6.12. The van der Waals surface area contributed by atoms with Crippen LogP contribution in [0.15, 0.2) is 36.7 Å². The van der Waals surface area contributed by atoms with Gasteiger partial charge in [0.2, 0.25) is 0 Å². The Morgan fingerprint density at radius 3 is 2.73 bits per heavy atom. The van der Waals surface area contributed by atoms with E-state index in [2.05, 4.69) is 30.6 Å². The standard InChI is InChI=1S/C18H17N7O/c1-10-8-13(16-11(2)24-25(3)17(16)20-10)18(26)21-15-9-14(22-23-15)12-4-6-19-7-5-12/h4-9H,1-3H3,(H2,21,22,23,26). The summed E-state index contributed by atoms with van der Waals surface area (Å²) >= 11 is 0. The molecule has 0 spiro atoms. The van der Waals surface area contributed by atoms with Crippen LogP contribution in [0.4, 0.5) is 5.82 Å². The molecular weight excluding hydrogens is 330 g/mol. The van der Waals surface area contributed by atoms with Crippen LogP contribution in [0.3, 0.4) is 0 Å². The minimum absolute atomic E-state index is 0.246. The highest BCUT2D eigenvalue weighted by Gasteiger charge is 2.18. The van der Waals surface area contributed by atoms with Crippen molar-refractivity contribution < 1.29 is 4.79 Å². The van der Waals surface area contributed by atoms with E-state index in [-0.39, 0.29) is 5.91 Å². The Morgan fingerprint density at radius 1 is 1.19 bits per heavy atom. The zero-order valence-corrected chi connectivity index (χ0v) is 14.6. The molecule has 4 rings (SSSR count). The lowest BCUT2D eigenvalue weighted by Gasteiger charge is -2.05. The number of amides is 1. The summed E-state index contributed by atoms with van der Waals surface area (Å²) < 4.78 is 1.69. The molecule has 0 atom stereocenters. The summed E-state index contributed by atoms with van der Waals surface area (Å²) in [6, 6.07) is 7.29. The van der Waals surface area contributed by atoms with Crippen molar-refractivity contribution in [1.29, 1.82) is 0 Å². The monoisotopic (exact) mass is 347 g/mol. The van der Waals surface area contributed by atoms with Gasteiger partial charge in [-0.15, -0.1) is 0 Å². The van der Waals surface area contributed by atoms with Crippen molar-refractivity contribution in [2.45, 2.75) is 13.8 Å². The van der Waals surface area contributed by atoms with Crippen LogP contribution in [0.25, 0.3) is 22.3 Å². The molecule has 0 aromatic carbocycles. The zero-order chi connectivity index (χ0) is 18.3. The minimum atomic E-state index is -0.246. The van der Waals surface area contributed by atoms with Crippen LogP contribution in [-0.2, 0) is 7.05 Å². The number of aryl methyl sites for hydroxylation is 3. The second-order valence-corrected chi connectivity index (χ2v) is 6.08. The van der Waals surface area contributed by atoms with Crippen LogP contribution in [0.1, 0.15) is 21.7 Å². The van der Waals surface area contributed by atoms with Gasteiger partial charge in [-0.05, 0) is 32.0 Å². The first-order valence-electron chi connectivity index (χ1n) is 8.11. The van der Waals surface area contributed by atoms with E-state index in [4.69, 9.17) is 0 Å². The number of fused-ring (bicyclic) bond motifs is 1. The maximum Gasteiger partial charge on any atom is 0.257 e. The number of carbonyl (C=O) groups is 1. The second-order valence-electron chi connectivity index (χ2n) is 6.08. The molecule has 0 fully saturated rings. The summed E-state index contributed by atoms with van der Waals surface area (Å²) in [7, 11) is 1.82. The highest BCUT2D eigenvalue weighted by atomic mass is 16.1. The maximum atomic E-state index is 12.8. The van der Waals surface area contributed by atoms with Crippen LogP contribution in [-0.4, -0.2) is 35.9 Å². The Morgan fingerprint density at radius 2 is 1.96 bits per heavy atom. The van der Waals surface area contributed by atoms with Gasteiger partial charge in [-0.3, -0.25) is 19.6 Å². The van der Waals surface area contributed by atoms with Crippen LogP contribution >= 0.6 is 0 Å². The first-order chi connectivity index (χ1) is 12.5. The number of pyridine rings is 2. The number of rotatable bonds is 3. The lowest BCUT2D eigenvalue weighted by Crippen LogP contribution is -2.13. The fourth-order valence-corrected chi connectivity index (χ4v) is 3.00. The topological polar surface area (TPSA) is 101 Å². The summed E-state index contributed by atoms with van der Waals surface area (Å²) in [6.45, 7) is 3.72. The number of nitrogens with zero attached hydrogens (tertiary/aromatic N) is 5. The van der Waals surface area contributed by atoms with E-state index in [1.54, 1.807) is 29.2 Å². The largest absolute Gasteiger partial charge is 0.305 e. The van der Waals surface area contributed by atoms with E-state index >= 15 is 0 Å². The molecule has 26 heavy (non-hydrogen) atoms. The van der Waals surface area contributed by atoms with Gasteiger partial charge in [0.1, 0.15) is 0 Å². The lowest BCUT2D eigenvalue weighted by molar-refractivity contribution is 0.102. The van der Waals surface area contributed by atoms with Crippen LogP contribution in [0.5, 0.6) is 0 Å². The van der Waals surface area contributed by atoms with Gasteiger partial charge in [-0.1, -0.05) is 0 Å². The van der Waals surface area contributed by atoms with Gasteiger partial charge < -0.3 is 5.32 Å². The van der Waals surface area contributed by atoms with Crippen molar-refractivity contribution >= 4 is 22.8 Å². The Bertz CT molecular complexity index is 1110. The summed E-state index contributed by atoms with van der Waals surface area (Å²) in [5.41, 5.74) is 4.48. The predicted octanol–water partition coefficient (Wildman–Crippen LogP) is 2.62. The third-order valence-electron chi connectivity index (χ3n) is 4.15. The van der Waals surface area contributed by atoms with Gasteiger partial charge in [0.25, 0.3) is 5.91 Å². The maximum absolute atomic E-state index is 12.8. The average molecular weight is 347 g/mol. The molecule has 0 aliphatic rings. The smallest absolute Gasteiger partial charge is 0.257 e. The number of aromatic amines is 1. The van der Waals surface area contributed by atoms with Crippen molar-refractivity contribution in [3.63, 3.8) is 0 Å². The minimum Gasteiger partial charge on any atom is -0.305 e. The molecule has 4 aromatic heterocycles. The highest BCUT2D eigenvalue weighted by Crippen LogP contribution is 2.23. The van der Waals surface area contributed by atoms with Gasteiger partial charge in [0.05, 0.1) is 22.3 Å². The van der Waals surface area contributed by atoms with Crippen LogP contribution in [0.2, 0.25) is 0 Å². The summed E-state index contributed by atoms with van der Waals surface area (Å²) in [5.74, 6) is 0.204. The number of H-pyrrole nitrogens is 1. The molecule has 8 heteroatoms. The van der Waals surface area contributed by atoms with Gasteiger partial charge >= 0.3 is 0 Å². The molecule has 0 radical (unpaired) electrons. The van der Waals surface area contributed by atoms with E-state index in [0.717, 1.165) is 28.0 Å². The molecule has 1 amide bonds. The van der Waals surface area contributed by atoms with E-state index < -0.39 is 0 Å². The number of aromatic nitrogens is 6. The van der Waals surface area contributed by atoms with Gasteiger partial charge in [-0.2, -0.15) is 10.2 Å². The number of anilines is 1. The fraction of sp³-hybridized carbons (Fsp3) is 0.167. The lowest BCUT2D eigenvalue weighted by atomic mass is 10.1. The third kappa shape index (κ3) is 2.71. The van der Waals surface area contributed by atoms with Gasteiger partial charge in [0.15, 0.2) is 11.5 Å². The zero-order valence-electron chi connectivity index (χ0n) is 14.6. The molecule has 0 saturated carbocycles. The Kier molecular flexibility index (Phi) is 3.72. The SMILES string of the molecule is Cc1cc(C(=O)Nc2cc(-c3ccncc3)[nH]n2)c2c(C)nn(C)c2n1. The van der Waals surface area contributed by atoms with E-state index in [9.17, 15) is 4.79 Å². The Labute approximate surface area is 149 Å². The molecule has 4 heterocycles. The first kappa shape index (κ1) is 15.9. The molecular formula is C18H17N7O. The first-order valence-corrected chi connectivity index (χ1v) is 8.11. The van der Waals surface area contributed by atoms with Gasteiger partial charge in [-0.25, -0.2) is 4.98 Å². The molecule has 0 bridgehead atoms. The molecule has 130 valence electrons. The Balaban J connectivity index is 1.68. The van der Waals surface area contributed by atoms with Crippen molar-refractivity contribution in [3.05, 3.63) is 53.6 Å². The average Bonchev–Trinajstić information content (AvgIpc) is 3.20. The summed E-state index contributed by atoms with van der Waals surface area (Å²) in [6.07, 6.45) is 3.41. The molecule has 0 saturated heterocycles. The van der Waals surface area contributed by atoms with E-state index in [1.165, 1.54) is 0 Å². The Hall–Kier alpha value is -3.55. The van der Waals surface area contributed by atoms with Crippen molar-refractivity contribution in [1.82, 2.24) is 29.9 Å². The molecule has 0 aliphatic heterocycles. The summed E-state index contributed by atoms with van der Waals surface area (Å²) in [4.78, 5) is 21.3. The second kappa shape index (κ2) is 6.07. The van der Waals surface area contributed by atoms with Crippen molar-refractivity contribution in [2.24, 2.45) is 7.05 Å². The summed E-state index contributed by atoms with van der Waals surface area (Å²) in [5, 5.41) is 15.1. The normalized spacial score (nSPS) is 11.0. The third-order valence-corrected chi connectivity index (χ3v) is 4.15. The molecule has 0 aliphatic carbocycles. The van der Waals surface area contributed by atoms with Crippen molar-refractivity contribution in [3.8, 4) is 11.3 Å². The van der Waals surface area contributed by atoms with Crippen LogP contribution < -0.4 is 5.32 Å². The predicted molar refractivity (Wildman–Crippen MR) is 97.8 cm³/mol. The molecule has 8 nitrogen and oxygen atoms in total. The molecule has 0 unspecified atom stereocenters. The number of hydrogen-bond donors (Lipinski definition) is 2. The number of carbonyl (C=O) groups excluding carboxylic acids is 1. The van der Waals surface area contributed by atoms with E-state index in [0.29, 0.717) is 17.0 Å². The molecule has 4 aromatic rings. The fourth-order valence-electron chi connectivity index (χ4n) is 3.00. The number of hydrogen-bond acceptors (Lipinski definition) is 5. The van der Waals surface area contributed by atoms with Gasteiger partial charge in [0, 0.05) is 36.8 Å². The van der Waals surface area contributed by atoms with Crippen molar-refractivity contribution in [2.75, 3.05) is 5.32 Å². The molecule has 2 N–H and O–H groups in total. The van der Waals surface area contributed by atoms with Crippen LogP contribution in [0, 0.1) is 13.8 Å². The number of nitrogens with one attached hydrogen (secondary N) is 2.